The summed E-state index contributed by atoms with van der Waals surface area (Å²) in [6.07, 6.45) is 3.32. The van der Waals surface area contributed by atoms with Crippen LogP contribution in [0.5, 0.6) is 11.5 Å². The third kappa shape index (κ3) is 4.47. The Morgan fingerprint density at radius 3 is 2.59 bits per heavy atom. The van der Waals surface area contributed by atoms with Crippen molar-refractivity contribution in [1.29, 1.82) is 5.26 Å². The number of methoxy groups -OCH3 is 2. The van der Waals surface area contributed by atoms with Gasteiger partial charge in [-0.1, -0.05) is 17.8 Å². The third-order valence-electron chi connectivity index (χ3n) is 4.08. The zero-order chi connectivity index (χ0) is 20.8. The van der Waals surface area contributed by atoms with Crippen molar-refractivity contribution in [3.63, 3.8) is 0 Å². The van der Waals surface area contributed by atoms with E-state index in [1.54, 1.807) is 43.8 Å². The van der Waals surface area contributed by atoms with Crippen LogP contribution < -0.4 is 9.47 Å². The number of hydrogen-bond acceptors (Lipinski definition) is 7. The molecule has 0 atom stereocenters. The van der Waals surface area contributed by atoms with E-state index in [-0.39, 0.29) is 5.75 Å². The van der Waals surface area contributed by atoms with Crippen LogP contribution in [0.3, 0.4) is 0 Å². The highest BCUT2D eigenvalue weighted by Crippen LogP contribution is 2.37. The predicted molar refractivity (Wildman–Crippen MR) is 109 cm³/mol. The standard InChI is InChI=1S/C21H17N3O4S/c1-27-18-6-5-13(8-19(18)28-2)15-9-17(14-4-3-7-23-11-14)24-21(16(15)10-22)29-12-20(25)26/h3-9,11H,12H2,1-2H3,(H,25,26). The van der Waals surface area contributed by atoms with Gasteiger partial charge >= 0.3 is 5.97 Å². The van der Waals surface area contributed by atoms with Gasteiger partial charge in [-0.3, -0.25) is 9.78 Å². The molecule has 0 aliphatic carbocycles. The number of carboxylic acid groups (broad SMARTS) is 1. The van der Waals surface area contributed by atoms with Gasteiger partial charge in [0.05, 0.1) is 31.2 Å². The molecule has 1 aromatic carbocycles. The van der Waals surface area contributed by atoms with E-state index in [0.717, 1.165) is 22.9 Å². The molecule has 0 saturated carbocycles. The van der Waals surface area contributed by atoms with Crippen LogP contribution in [-0.4, -0.2) is 41.0 Å². The average Bonchev–Trinajstić information content (AvgIpc) is 2.76. The fraction of sp³-hybridized carbons (Fsp3) is 0.143. The molecule has 0 radical (unpaired) electrons. The average molecular weight is 407 g/mol. The molecule has 0 aliphatic rings. The number of nitriles is 1. The Kier molecular flexibility index (Phi) is 6.32. The van der Waals surface area contributed by atoms with Crippen LogP contribution in [-0.2, 0) is 4.79 Å². The molecule has 2 heterocycles. The number of thioether (sulfide) groups is 1. The van der Waals surface area contributed by atoms with Crippen molar-refractivity contribution in [3.8, 4) is 40.0 Å². The molecule has 8 heteroatoms. The van der Waals surface area contributed by atoms with Crippen molar-refractivity contribution < 1.29 is 19.4 Å². The first-order valence-corrected chi connectivity index (χ1v) is 9.48. The molecule has 0 bridgehead atoms. The molecule has 0 unspecified atom stereocenters. The highest BCUT2D eigenvalue weighted by Gasteiger charge is 2.18. The Morgan fingerprint density at radius 1 is 1.17 bits per heavy atom. The molecular formula is C21H17N3O4S. The smallest absolute Gasteiger partial charge is 0.313 e. The van der Waals surface area contributed by atoms with Crippen LogP contribution in [0.25, 0.3) is 22.4 Å². The highest BCUT2D eigenvalue weighted by molar-refractivity contribution is 7.99. The maximum Gasteiger partial charge on any atom is 0.313 e. The molecule has 0 spiro atoms. The van der Waals surface area contributed by atoms with Crippen LogP contribution in [0.1, 0.15) is 5.56 Å². The number of aliphatic carboxylic acids is 1. The summed E-state index contributed by atoms with van der Waals surface area (Å²) in [6, 6.07) is 12.9. The molecular weight excluding hydrogens is 390 g/mol. The van der Waals surface area contributed by atoms with Gasteiger partial charge < -0.3 is 14.6 Å². The topological polar surface area (TPSA) is 105 Å². The molecule has 0 amide bonds. The first kappa shape index (κ1) is 20.2. The zero-order valence-electron chi connectivity index (χ0n) is 15.7. The normalized spacial score (nSPS) is 10.2. The van der Waals surface area contributed by atoms with E-state index in [4.69, 9.17) is 14.6 Å². The van der Waals surface area contributed by atoms with Gasteiger partial charge in [0.1, 0.15) is 11.1 Å². The van der Waals surface area contributed by atoms with E-state index >= 15 is 0 Å². The van der Waals surface area contributed by atoms with Crippen molar-refractivity contribution in [1.82, 2.24) is 9.97 Å². The molecule has 2 aromatic heterocycles. The Morgan fingerprint density at radius 2 is 1.97 bits per heavy atom. The van der Waals surface area contributed by atoms with E-state index in [0.29, 0.717) is 33.3 Å². The van der Waals surface area contributed by atoms with Crippen LogP contribution in [0, 0.1) is 11.3 Å². The number of ether oxygens (including phenoxy) is 2. The molecule has 0 fully saturated rings. The largest absolute Gasteiger partial charge is 0.493 e. The van der Waals surface area contributed by atoms with Crippen LogP contribution >= 0.6 is 11.8 Å². The minimum absolute atomic E-state index is 0.205. The second kappa shape index (κ2) is 9.08. The summed E-state index contributed by atoms with van der Waals surface area (Å²) in [7, 11) is 3.08. The van der Waals surface area contributed by atoms with Crippen molar-refractivity contribution in [3.05, 3.63) is 54.4 Å². The van der Waals surface area contributed by atoms with E-state index in [2.05, 4.69) is 16.0 Å². The van der Waals surface area contributed by atoms with E-state index < -0.39 is 5.97 Å². The number of aromatic nitrogens is 2. The first-order valence-electron chi connectivity index (χ1n) is 8.50. The molecule has 0 aliphatic heterocycles. The summed E-state index contributed by atoms with van der Waals surface area (Å²) in [4.78, 5) is 19.7. The van der Waals surface area contributed by atoms with E-state index in [1.165, 1.54) is 7.11 Å². The lowest BCUT2D eigenvalue weighted by Crippen LogP contribution is -2.01. The second-order valence-electron chi connectivity index (χ2n) is 5.84. The maximum absolute atomic E-state index is 11.1. The number of pyridine rings is 2. The Balaban J connectivity index is 2.22. The zero-order valence-corrected chi connectivity index (χ0v) is 16.6. The number of carbonyl (C=O) groups is 1. The monoisotopic (exact) mass is 407 g/mol. The van der Waals surface area contributed by atoms with Crippen molar-refractivity contribution >= 4 is 17.7 Å². The first-order chi connectivity index (χ1) is 14.1. The van der Waals surface area contributed by atoms with Gasteiger partial charge in [-0.05, 0) is 35.9 Å². The number of hydrogen-bond donors (Lipinski definition) is 1. The van der Waals surface area contributed by atoms with Crippen molar-refractivity contribution in [2.75, 3.05) is 20.0 Å². The minimum Gasteiger partial charge on any atom is -0.493 e. The molecule has 146 valence electrons. The van der Waals surface area contributed by atoms with E-state index in [9.17, 15) is 10.1 Å². The molecule has 3 aromatic rings. The number of benzene rings is 1. The third-order valence-corrected chi connectivity index (χ3v) is 5.04. The predicted octanol–water partition coefficient (Wildman–Crippen LogP) is 3.88. The van der Waals surface area contributed by atoms with Gasteiger partial charge in [0.25, 0.3) is 0 Å². The number of carboxylic acids is 1. The van der Waals surface area contributed by atoms with Gasteiger partial charge in [0.15, 0.2) is 11.5 Å². The lowest BCUT2D eigenvalue weighted by Gasteiger charge is -2.14. The Labute approximate surface area is 172 Å². The molecule has 7 nitrogen and oxygen atoms in total. The quantitative estimate of drug-likeness (QED) is 0.588. The summed E-state index contributed by atoms with van der Waals surface area (Å²) >= 11 is 1.01. The summed E-state index contributed by atoms with van der Waals surface area (Å²) in [5.41, 5.74) is 3.00. The fourth-order valence-electron chi connectivity index (χ4n) is 2.76. The SMILES string of the molecule is COc1ccc(-c2cc(-c3cccnc3)nc(SCC(=O)O)c2C#N)cc1OC. The lowest BCUT2D eigenvalue weighted by molar-refractivity contribution is -0.133. The summed E-state index contributed by atoms with van der Waals surface area (Å²) in [5, 5.41) is 19.2. The maximum atomic E-state index is 11.1. The van der Waals surface area contributed by atoms with Crippen LogP contribution in [0.15, 0.2) is 53.8 Å². The molecule has 29 heavy (non-hydrogen) atoms. The van der Waals surface area contributed by atoms with E-state index in [1.807, 2.05) is 12.1 Å². The van der Waals surface area contributed by atoms with Gasteiger partial charge in [-0.15, -0.1) is 0 Å². The molecule has 1 N–H and O–H groups in total. The Bertz CT molecular complexity index is 1080. The van der Waals surface area contributed by atoms with Gasteiger partial charge in [0.2, 0.25) is 0 Å². The second-order valence-corrected chi connectivity index (χ2v) is 6.80. The summed E-state index contributed by atoms with van der Waals surface area (Å²) < 4.78 is 10.7. The molecule has 0 saturated heterocycles. The number of rotatable bonds is 7. The van der Waals surface area contributed by atoms with Crippen LogP contribution in [0.4, 0.5) is 0 Å². The van der Waals surface area contributed by atoms with Gasteiger partial charge in [-0.25, -0.2) is 4.98 Å². The minimum atomic E-state index is -0.986. The van der Waals surface area contributed by atoms with Crippen LogP contribution in [0.2, 0.25) is 0 Å². The lowest BCUT2D eigenvalue weighted by atomic mass is 9.99. The van der Waals surface area contributed by atoms with Crippen molar-refractivity contribution in [2.45, 2.75) is 5.03 Å². The van der Waals surface area contributed by atoms with Gasteiger partial charge in [0, 0.05) is 23.5 Å². The summed E-state index contributed by atoms with van der Waals surface area (Å²) in [6.45, 7) is 0. The Hall–Kier alpha value is -3.57. The number of nitrogens with zero attached hydrogens (tertiary/aromatic N) is 3. The molecule has 3 rings (SSSR count). The fourth-order valence-corrected chi connectivity index (χ4v) is 3.48. The van der Waals surface area contributed by atoms with Crippen molar-refractivity contribution in [2.24, 2.45) is 0 Å². The highest BCUT2D eigenvalue weighted by atomic mass is 32.2. The summed E-state index contributed by atoms with van der Waals surface area (Å²) in [5.74, 6) is -0.103. The van der Waals surface area contributed by atoms with Gasteiger partial charge in [-0.2, -0.15) is 5.26 Å².